The van der Waals surface area contributed by atoms with E-state index in [1.807, 2.05) is 30.0 Å². The molecule has 1 amide bonds. The number of rotatable bonds is 2. The summed E-state index contributed by atoms with van der Waals surface area (Å²) in [5.41, 5.74) is 2.92. The number of carbonyl (C=O) groups is 1. The maximum atomic E-state index is 12.6. The van der Waals surface area contributed by atoms with Crippen LogP contribution in [0.4, 0.5) is 0 Å². The molecule has 0 atom stereocenters. The minimum absolute atomic E-state index is 0.00718. The molecule has 1 aromatic carbocycles. The summed E-state index contributed by atoms with van der Waals surface area (Å²) >= 11 is 4.94. The minimum Gasteiger partial charge on any atom is -0.333 e. The predicted molar refractivity (Wildman–Crippen MR) is 89.5 cm³/mol. The molecule has 108 valence electrons. The second kappa shape index (κ2) is 6.12. The van der Waals surface area contributed by atoms with Crippen LogP contribution < -0.4 is 0 Å². The van der Waals surface area contributed by atoms with Crippen LogP contribution in [-0.2, 0) is 0 Å². The standard InChI is InChI=1S/C16H15BrN2OS/c1-11-18-14(15(17)21-11)16(20)19-9-5-8-13(10-19)12-6-3-2-4-7-12/h2-4,6-8H,5,9-10H2,1H3. The predicted octanol–water partition coefficient (Wildman–Crippen LogP) is 4.14. The van der Waals surface area contributed by atoms with Crippen molar-refractivity contribution in [2.24, 2.45) is 0 Å². The Bertz CT molecular complexity index is 694. The number of amides is 1. The Balaban J connectivity index is 1.81. The van der Waals surface area contributed by atoms with Crippen LogP contribution in [0.25, 0.3) is 5.57 Å². The Morgan fingerprint density at radius 3 is 2.76 bits per heavy atom. The molecule has 0 fully saturated rings. The van der Waals surface area contributed by atoms with Crippen LogP contribution in [-0.4, -0.2) is 28.9 Å². The number of carbonyl (C=O) groups excluding carboxylic acids is 1. The summed E-state index contributed by atoms with van der Waals surface area (Å²) in [6.07, 6.45) is 3.11. The van der Waals surface area contributed by atoms with Gasteiger partial charge < -0.3 is 4.90 Å². The molecule has 0 radical (unpaired) electrons. The van der Waals surface area contributed by atoms with Crippen LogP contribution in [0.15, 0.2) is 40.2 Å². The Kier molecular flexibility index (Phi) is 4.22. The van der Waals surface area contributed by atoms with Crippen LogP contribution in [0.1, 0.15) is 27.5 Å². The summed E-state index contributed by atoms with van der Waals surface area (Å²) in [5, 5.41) is 0.904. The lowest BCUT2D eigenvalue weighted by Crippen LogP contribution is -2.35. The number of benzene rings is 1. The van der Waals surface area contributed by atoms with Gasteiger partial charge in [-0.25, -0.2) is 4.98 Å². The lowest BCUT2D eigenvalue weighted by Gasteiger charge is -2.27. The van der Waals surface area contributed by atoms with Crippen molar-refractivity contribution in [3.8, 4) is 0 Å². The molecule has 0 spiro atoms. The Hall–Kier alpha value is -1.46. The topological polar surface area (TPSA) is 33.2 Å². The van der Waals surface area contributed by atoms with Gasteiger partial charge in [-0.3, -0.25) is 4.79 Å². The van der Waals surface area contributed by atoms with Crippen molar-refractivity contribution >= 4 is 38.7 Å². The zero-order chi connectivity index (χ0) is 14.8. The summed E-state index contributed by atoms with van der Waals surface area (Å²) < 4.78 is 0.820. The summed E-state index contributed by atoms with van der Waals surface area (Å²) in [4.78, 5) is 18.8. The van der Waals surface area contributed by atoms with Gasteiger partial charge in [0, 0.05) is 13.1 Å². The number of nitrogens with zero attached hydrogens (tertiary/aromatic N) is 2. The first-order valence-corrected chi connectivity index (χ1v) is 8.43. The molecular formula is C16H15BrN2OS. The number of aromatic nitrogens is 1. The molecule has 2 aromatic rings. The largest absolute Gasteiger partial charge is 0.333 e. The van der Waals surface area contributed by atoms with Crippen molar-refractivity contribution in [3.63, 3.8) is 0 Å². The molecule has 1 aliphatic heterocycles. The smallest absolute Gasteiger partial charge is 0.274 e. The van der Waals surface area contributed by atoms with Crippen LogP contribution in [0, 0.1) is 6.92 Å². The Morgan fingerprint density at radius 2 is 2.10 bits per heavy atom. The van der Waals surface area contributed by atoms with E-state index in [0.29, 0.717) is 12.2 Å². The summed E-state index contributed by atoms with van der Waals surface area (Å²) in [6, 6.07) is 10.2. The fourth-order valence-corrected chi connectivity index (χ4v) is 4.05. The molecular weight excluding hydrogens is 348 g/mol. The van der Waals surface area contributed by atoms with E-state index in [9.17, 15) is 4.79 Å². The van der Waals surface area contributed by atoms with Gasteiger partial charge in [-0.2, -0.15) is 0 Å². The van der Waals surface area contributed by atoms with Crippen LogP contribution in [0.3, 0.4) is 0 Å². The monoisotopic (exact) mass is 362 g/mol. The van der Waals surface area contributed by atoms with Crippen molar-refractivity contribution in [1.82, 2.24) is 9.88 Å². The molecule has 0 saturated heterocycles. The van der Waals surface area contributed by atoms with Gasteiger partial charge in [0.1, 0.15) is 3.79 Å². The van der Waals surface area contributed by atoms with Crippen molar-refractivity contribution < 1.29 is 4.79 Å². The first-order chi connectivity index (χ1) is 10.1. The number of thiazole rings is 1. The fourth-order valence-electron chi connectivity index (χ4n) is 2.46. The molecule has 1 aliphatic rings. The highest BCUT2D eigenvalue weighted by Crippen LogP contribution is 2.27. The van der Waals surface area contributed by atoms with Crippen molar-refractivity contribution in [2.45, 2.75) is 13.3 Å². The molecule has 3 nitrogen and oxygen atoms in total. The van der Waals surface area contributed by atoms with E-state index < -0.39 is 0 Å². The van der Waals surface area contributed by atoms with Gasteiger partial charge in [0.05, 0.1) is 5.01 Å². The molecule has 0 N–H and O–H groups in total. The highest BCUT2D eigenvalue weighted by atomic mass is 79.9. The average Bonchev–Trinajstić information content (AvgIpc) is 2.86. The van der Waals surface area contributed by atoms with E-state index in [0.717, 1.165) is 21.8 Å². The number of hydrogen-bond acceptors (Lipinski definition) is 3. The molecule has 3 rings (SSSR count). The first kappa shape index (κ1) is 14.5. The van der Waals surface area contributed by atoms with Gasteiger partial charge in [0.25, 0.3) is 5.91 Å². The Morgan fingerprint density at radius 1 is 1.33 bits per heavy atom. The second-order valence-corrected chi connectivity index (χ2v) is 7.49. The lowest BCUT2D eigenvalue weighted by molar-refractivity contribution is 0.0769. The third-order valence-electron chi connectivity index (χ3n) is 3.48. The van der Waals surface area contributed by atoms with Gasteiger partial charge in [0.2, 0.25) is 0 Å². The highest BCUT2D eigenvalue weighted by Gasteiger charge is 2.24. The number of aryl methyl sites for hydroxylation is 1. The van der Waals surface area contributed by atoms with Crippen LogP contribution in [0.5, 0.6) is 0 Å². The van der Waals surface area contributed by atoms with E-state index in [1.165, 1.54) is 22.5 Å². The van der Waals surface area contributed by atoms with Gasteiger partial charge in [-0.1, -0.05) is 36.4 Å². The number of halogens is 1. The maximum Gasteiger partial charge on any atom is 0.274 e. The van der Waals surface area contributed by atoms with Crippen molar-refractivity contribution in [3.05, 3.63) is 56.5 Å². The molecule has 0 saturated carbocycles. The number of hydrogen-bond donors (Lipinski definition) is 0. The van der Waals surface area contributed by atoms with Gasteiger partial charge in [-0.15, -0.1) is 11.3 Å². The van der Waals surface area contributed by atoms with Gasteiger partial charge in [-0.05, 0) is 40.4 Å². The molecule has 1 aromatic heterocycles. The Labute approximate surface area is 136 Å². The molecule has 0 aliphatic carbocycles. The summed E-state index contributed by atoms with van der Waals surface area (Å²) in [6.45, 7) is 3.31. The zero-order valence-corrected chi connectivity index (χ0v) is 14.1. The zero-order valence-electron chi connectivity index (χ0n) is 11.7. The third-order valence-corrected chi connectivity index (χ3v) is 5.10. The molecule has 0 unspecified atom stereocenters. The second-order valence-electron chi connectivity index (χ2n) is 4.97. The average molecular weight is 363 g/mol. The first-order valence-electron chi connectivity index (χ1n) is 6.82. The molecule has 2 heterocycles. The van der Waals surface area contributed by atoms with Gasteiger partial charge in [0.15, 0.2) is 5.69 Å². The van der Waals surface area contributed by atoms with E-state index in [4.69, 9.17) is 0 Å². The summed E-state index contributed by atoms with van der Waals surface area (Å²) in [5.74, 6) is 0.00718. The SMILES string of the molecule is Cc1nc(C(=O)N2CCC=C(c3ccccc3)C2)c(Br)s1. The van der Waals surface area contributed by atoms with E-state index in [2.05, 4.69) is 39.1 Å². The molecule has 5 heteroatoms. The fraction of sp³-hybridized carbons (Fsp3) is 0.250. The highest BCUT2D eigenvalue weighted by molar-refractivity contribution is 9.11. The van der Waals surface area contributed by atoms with Crippen molar-refractivity contribution in [1.29, 1.82) is 0 Å². The van der Waals surface area contributed by atoms with E-state index in [1.54, 1.807) is 0 Å². The van der Waals surface area contributed by atoms with Crippen LogP contribution in [0.2, 0.25) is 0 Å². The molecule has 21 heavy (non-hydrogen) atoms. The third kappa shape index (κ3) is 3.09. The molecule has 0 bridgehead atoms. The van der Waals surface area contributed by atoms with E-state index in [-0.39, 0.29) is 5.91 Å². The minimum atomic E-state index is 0.00718. The van der Waals surface area contributed by atoms with Gasteiger partial charge >= 0.3 is 0 Å². The maximum absolute atomic E-state index is 12.6. The van der Waals surface area contributed by atoms with Crippen LogP contribution >= 0.6 is 27.3 Å². The van der Waals surface area contributed by atoms with Crippen molar-refractivity contribution in [2.75, 3.05) is 13.1 Å². The summed E-state index contributed by atoms with van der Waals surface area (Å²) in [7, 11) is 0. The normalized spacial score (nSPS) is 15.0. The lowest BCUT2D eigenvalue weighted by atomic mass is 10.0. The quantitative estimate of drug-likeness (QED) is 0.803. The van der Waals surface area contributed by atoms with E-state index >= 15 is 0 Å².